The van der Waals surface area contributed by atoms with Gasteiger partial charge in [-0.3, -0.25) is 25.2 Å². The van der Waals surface area contributed by atoms with Crippen LogP contribution in [0, 0.1) is 12.8 Å². The van der Waals surface area contributed by atoms with Gasteiger partial charge in [-0.2, -0.15) is 0 Å². The van der Waals surface area contributed by atoms with Gasteiger partial charge >= 0.3 is 0 Å². The van der Waals surface area contributed by atoms with Gasteiger partial charge in [0.15, 0.2) is 0 Å². The highest BCUT2D eigenvalue weighted by Crippen LogP contribution is 2.48. The Hall–Kier alpha value is -6.61. The average molecular weight is 716 g/mol. The molecule has 3 N–H and O–H groups in total. The van der Waals surface area contributed by atoms with E-state index in [1.807, 2.05) is 106 Å². The lowest BCUT2D eigenvalue weighted by atomic mass is 9.90. The maximum absolute atomic E-state index is 14.6. The Kier molecular flexibility index (Phi) is 8.99. The molecule has 3 unspecified atom stereocenters. The van der Waals surface area contributed by atoms with E-state index in [0.29, 0.717) is 23.5 Å². The number of hydrogen-bond donors (Lipinski definition) is 3. The lowest BCUT2D eigenvalue weighted by Crippen LogP contribution is -2.55. The summed E-state index contributed by atoms with van der Waals surface area (Å²) in [4.78, 5) is 47.4. The number of para-hydroxylation sites is 2. The normalized spacial score (nSPS) is 14.9. The summed E-state index contributed by atoms with van der Waals surface area (Å²) >= 11 is 0. The zero-order valence-corrected chi connectivity index (χ0v) is 30.6. The number of H-pyrrole nitrogens is 1. The number of hydrogen-bond acceptors (Lipinski definition) is 4. The van der Waals surface area contributed by atoms with E-state index in [9.17, 15) is 14.4 Å². The van der Waals surface area contributed by atoms with Crippen molar-refractivity contribution < 1.29 is 19.1 Å². The number of amides is 3. The maximum Gasteiger partial charge on any atom is 0.286 e. The van der Waals surface area contributed by atoms with E-state index >= 15 is 0 Å². The van der Waals surface area contributed by atoms with Crippen LogP contribution in [0.3, 0.4) is 0 Å². The first-order valence-corrected chi connectivity index (χ1v) is 18.2. The average Bonchev–Trinajstić information content (AvgIpc) is 3.84. The number of carbonyl (C=O) groups excluding carboxylic acids is 3. The van der Waals surface area contributed by atoms with E-state index in [-0.39, 0.29) is 17.5 Å². The number of aromatic nitrogens is 2. The van der Waals surface area contributed by atoms with E-state index in [1.54, 1.807) is 11.0 Å². The summed E-state index contributed by atoms with van der Waals surface area (Å²) in [6.07, 6.45) is 0.620. The van der Waals surface area contributed by atoms with Crippen LogP contribution < -0.4 is 15.6 Å². The molecule has 0 aliphatic carbocycles. The van der Waals surface area contributed by atoms with Gasteiger partial charge in [-0.05, 0) is 72.5 Å². The highest BCUT2D eigenvalue weighted by atomic mass is 16.5. The first kappa shape index (κ1) is 34.5. The fraction of sp³-hybridized carbons (Fsp3) is 0.178. The van der Waals surface area contributed by atoms with Crippen LogP contribution >= 0.6 is 0 Å². The van der Waals surface area contributed by atoms with Crippen molar-refractivity contribution in [3.63, 3.8) is 0 Å². The smallest absolute Gasteiger partial charge is 0.286 e. The summed E-state index contributed by atoms with van der Waals surface area (Å²) in [5, 5.41) is 1.78. The van der Waals surface area contributed by atoms with Crippen LogP contribution in [0.15, 0.2) is 127 Å². The first-order chi connectivity index (χ1) is 26.2. The molecule has 2 aromatic heterocycles. The van der Waals surface area contributed by atoms with E-state index in [4.69, 9.17) is 4.74 Å². The molecule has 3 amide bonds. The third-order valence-corrected chi connectivity index (χ3v) is 10.6. The number of nitrogens with one attached hydrogen (secondary N) is 3. The lowest BCUT2D eigenvalue weighted by Gasteiger charge is -2.36. The third kappa shape index (κ3) is 6.07. The van der Waals surface area contributed by atoms with Crippen molar-refractivity contribution in [3.8, 4) is 22.8 Å². The minimum Gasteiger partial charge on any atom is -0.457 e. The Balaban J connectivity index is 1.13. The molecule has 3 atom stereocenters. The van der Waals surface area contributed by atoms with Crippen LogP contribution in [-0.2, 0) is 11.8 Å². The zero-order valence-electron chi connectivity index (χ0n) is 30.6. The van der Waals surface area contributed by atoms with E-state index < -0.39 is 23.9 Å². The van der Waals surface area contributed by atoms with Gasteiger partial charge in [0, 0.05) is 40.0 Å². The van der Waals surface area contributed by atoms with Gasteiger partial charge < -0.3 is 19.2 Å². The monoisotopic (exact) mass is 715 g/mol. The van der Waals surface area contributed by atoms with Crippen molar-refractivity contribution in [2.24, 2.45) is 13.0 Å². The van der Waals surface area contributed by atoms with E-state index in [0.717, 1.165) is 49.8 Å². The molecule has 8 rings (SSSR count). The molecule has 5 aromatic carbocycles. The number of aromatic amines is 1. The number of hydrazine groups is 1. The van der Waals surface area contributed by atoms with Crippen molar-refractivity contribution >= 4 is 39.5 Å². The Bertz CT molecular complexity index is 2540. The minimum atomic E-state index is -0.912. The summed E-state index contributed by atoms with van der Waals surface area (Å²) in [5.74, 6) is -0.137. The summed E-state index contributed by atoms with van der Waals surface area (Å²) in [6, 6.07) is 39.4. The molecule has 0 bridgehead atoms. The standard InChI is InChI=1S/C45H41N5O4/c1-5-28(3)40(44(52)48-47-43(51)37-26-30-25-32(23-24-36(30)46-37)54-31-13-7-6-8-14-31)50-42(33-15-9-10-16-34(33)45(50)53)39-35-17-11-12-18-38(35)49(4)41(39)29-21-19-27(2)20-22-29/h6-26,28,40,42,46H,5H2,1-4H3,(H,47,51)(H,48,52). The van der Waals surface area contributed by atoms with Gasteiger partial charge in [-0.25, -0.2) is 0 Å². The molecule has 0 spiro atoms. The van der Waals surface area contributed by atoms with E-state index in [1.165, 1.54) is 0 Å². The van der Waals surface area contributed by atoms with Crippen LogP contribution in [0.2, 0.25) is 0 Å². The number of carbonyl (C=O) groups is 3. The van der Waals surface area contributed by atoms with Crippen LogP contribution in [0.1, 0.15) is 63.8 Å². The van der Waals surface area contributed by atoms with Gasteiger partial charge in [-0.15, -0.1) is 0 Å². The molecular formula is C45H41N5O4. The van der Waals surface area contributed by atoms with Crippen molar-refractivity contribution in [1.29, 1.82) is 0 Å². The topological polar surface area (TPSA) is 108 Å². The molecule has 270 valence electrons. The summed E-state index contributed by atoms with van der Waals surface area (Å²) in [7, 11) is 2.05. The Morgan fingerprint density at radius 1 is 0.833 bits per heavy atom. The molecule has 9 nitrogen and oxygen atoms in total. The summed E-state index contributed by atoms with van der Waals surface area (Å²) in [6.45, 7) is 6.03. The van der Waals surface area contributed by atoms with Crippen molar-refractivity contribution in [2.45, 2.75) is 39.3 Å². The molecule has 0 fully saturated rings. The molecule has 1 aliphatic rings. The SMILES string of the molecule is CCC(C)C(C(=O)NNC(=O)c1cc2cc(Oc3ccccc3)ccc2[nH]1)N1C(=O)c2ccccc2C1c1c(-c2ccc(C)cc2)n(C)c2ccccc12. The van der Waals surface area contributed by atoms with Crippen molar-refractivity contribution in [1.82, 2.24) is 25.3 Å². The third-order valence-electron chi connectivity index (χ3n) is 10.6. The van der Waals surface area contributed by atoms with Crippen LogP contribution in [-0.4, -0.2) is 38.2 Å². The molecule has 3 heterocycles. The fourth-order valence-corrected chi connectivity index (χ4v) is 7.74. The first-order valence-electron chi connectivity index (χ1n) is 18.2. The van der Waals surface area contributed by atoms with Gasteiger partial charge in [0.1, 0.15) is 23.2 Å². The lowest BCUT2D eigenvalue weighted by molar-refractivity contribution is -0.128. The maximum atomic E-state index is 14.6. The van der Waals surface area contributed by atoms with Gasteiger partial charge in [0.2, 0.25) is 0 Å². The molecule has 54 heavy (non-hydrogen) atoms. The Labute approximate surface area is 313 Å². The van der Waals surface area contributed by atoms with Crippen LogP contribution in [0.5, 0.6) is 11.5 Å². The highest BCUT2D eigenvalue weighted by Gasteiger charge is 2.47. The minimum absolute atomic E-state index is 0.227. The van der Waals surface area contributed by atoms with Crippen molar-refractivity contribution in [2.75, 3.05) is 0 Å². The number of rotatable bonds is 9. The second-order valence-corrected chi connectivity index (χ2v) is 14.0. The largest absolute Gasteiger partial charge is 0.457 e. The molecule has 0 saturated heterocycles. The summed E-state index contributed by atoms with van der Waals surface area (Å²) in [5.41, 5.74) is 12.8. The quantitative estimate of drug-likeness (QED) is 0.130. The van der Waals surface area contributed by atoms with Gasteiger partial charge in [0.25, 0.3) is 17.7 Å². The predicted octanol–water partition coefficient (Wildman–Crippen LogP) is 8.85. The zero-order chi connectivity index (χ0) is 37.5. The second kappa shape index (κ2) is 14.1. The van der Waals surface area contributed by atoms with Gasteiger partial charge in [0.05, 0.1) is 11.7 Å². The van der Waals surface area contributed by atoms with Gasteiger partial charge in [-0.1, -0.05) is 105 Å². The predicted molar refractivity (Wildman–Crippen MR) is 211 cm³/mol. The number of benzene rings is 5. The molecule has 9 heteroatoms. The summed E-state index contributed by atoms with van der Waals surface area (Å²) < 4.78 is 8.15. The number of nitrogens with zero attached hydrogens (tertiary/aromatic N) is 2. The van der Waals surface area contributed by atoms with Crippen LogP contribution in [0.4, 0.5) is 0 Å². The molecule has 1 aliphatic heterocycles. The van der Waals surface area contributed by atoms with Crippen LogP contribution in [0.25, 0.3) is 33.1 Å². The number of aryl methyl sites for hydroxylation is 2. The molecule has 0 radical (unpaired) electrons. The number of ether oxygens (including phenoxy) is 1. The highest BCUT2D eigenvalue weighted by molar-refractivity contribution is 6.05. The molecular weight excluding hydrogens is 675 g/mol. The van der Waals surface area contributed by atoms with Crippen molar-refractivity contribution in [3.05, 3.63) is 155 Å². The molecule has 0 saturated carbocycles. The number of fused-ring (bicyclic) bond motifs is 3. The second-order valence-electron chi connectivity index (χ2n) is 14.0. The Morgan fingerprint density at radius 2 is 1.56 bits per heavy atom. The molecule has 7 aromatic rings. The van der Waals surface area contributed by atoms with E-state index in [2.05, 4.69) is 63.7 Å². The fourth-order valence-electron chi connectivity index (χ4n) is 7.74. The Morgan fingerprint density at radius 3 is 2.33 bits per heavy atom.